The highest BCUT2D eigenvalue weighted by Crippen LogP contribution is 2.42. The molecule has 1 aromatic heterocycles. The summed E-state index contributed by atoms with van der Waals surface area (Å²) < 4.78 is 27.1. The monoisotopic (exact) mass is 351 g/mol. The Kier molecular flexibility index (Phi) is 3.31. The molecule has 8 nitrogen and oxygen atoms in total. The first-order valence-corrected chi connectivity index (χ1v) is 9.57. The average Bonchev–Trinajstić information content (AvgIpc) is 3.26. The molecule has 3 aliphatic rings. The molecule has 1 saturated carbocycles. The van der Waals surface area contributed by atoms with Gasteiger partial charge in [-0.3, -0.25) is 10.1 Å². The van der Waals surface area contributed by atoms with Crippen molar-refractivity contribution in [2.45, 2.75) is 18.8 Å². The van der Waals surface area contributed by atoms with Crippen molar-refractivity contribution in [2.24, 2.45) is 4.40 Å². The summed E-state index contributed by atoms with van der Waals surface area (Å²) in [7, 11) is -3.53. The van der Waals surface area contributed by atoms with E-state index in [9.17, 15) is 13.2 Å². The van der Waals surface area contributed by atoms with Crippen molar-refractivity contribution in [1.82, 2.24) is 15.1 Å². The number of aromatic nitrogens is 2. The van der Waals surface area contributed by atoms with Gasteiger partial charge in [-0.1, -0.05) is 11.3 Å². The second-order valence-corrected chi connectivity index (χ2v) is 8.25. The predicted octanol–water partition coefficient (Wildman–Crippen LogP) is 0.852. The molecular formula is C13H13N5O3S2. The number of amides is 1. The van der Waals surface area contributed by atoms with E-state index >= 15 is 0 Å². The van der Waals surface area contributed by atoms with Gasteiger partial charge in [0.15, 0.2) is 5.84 Å². The zero-order valence-electron chi connectivity index (χ0n) is 12.0. The maximum absolute atomic E-state index is 12.5. The highest BCUT2D eigenvalue weighted by molar-refractivity contribution is 7.90. The molecule has 0 aromatic carbocycles. The van der Waals surface area contributed by atoms with E-state index in [1.165, 1.54) is 11.3 Å². The van der Waals surface area contributed by atoms with Gasteiger partial charge in [0.25, 0.3) is 15.9 Å². The zero-order valence-corrected chi connectivity index (χ0v) is 13.6. The van der Waals surface area contributed by atoms with E-state index < -0.39 is 15.9 Å². The SMILES string of the molecule is O=C(Nc1nnc(C2CC2)s1)C1=CC=CN2CCS(=O)(=O)N=C12. The largest absolute Gasteiger partial charge is 0.331 e. The minimum absolute atomic E-state index is 0.0586. The first-order chi connectivity index (χ1) is 11.0. The number of hydrogen-bond donors (Lipinski definition) is 1. The van der Waals surface area contributed by atoms with Crippen molar-refractivity contribution in [1.29, 1.82) is 0 Å². The number of rotatable bonds is 3. The molecule has 0 saturated heterocycles. The first kappa shape index (κ1) is 14.5. The molecular weight excluding hydrogens is 338 g/mol. The number of amidine groups is 1. The smallest absolute Gasteiger partial charge is 0.261 e. The van der Waals surface area contributed by atoms with Gasteiger partial charge in [0.05, 0.1) is 11.3 Å². The fourth-order valence-corrected chi connectivity index (χ4v) is 4.23. The highest BCUT2D eigenvalue weighted by Gasteiger charge is 2.31. The number of carbonyl (C=O) groups excluding carboxylic acids is 1. The van der Waals surface area contributed by atoms with Crippen LogP contribution in [0.25, 0.3) is 0 Å². The highest BCUT2D eigenvalue weighted by atomic mass is 32.2. The van der Waals surface area contributed by atoms with Crippen LogP contribution in [0.5, 0.6) is 0 Å². The molecule has 3 heterocycles. The van der Waals surface area contributed by atoms with Gasteiger partial charge in [0, 0.05) is 18.7 Å². The number of allylic oxidation sites excluding steroid dienone is 2. The number of nitrogens with one attached hydrogen (secondary N) is 1. The number of fused-ring (bicyclic) bond motifs is 1. The summed E-state index contributed by atoms with van der Waals surface area (Å²) in [6.45, 7) is 0.285. The van der Waals surface area contributed by atoms with E-state index in [0.29, 0.717) is 11.0 Å². The lowest BCUT2D eigenvalue weighted by atomic mass is 10.1. The molecule has 10 heteroatoms. The molecule has 0 radical (unpaired) electrons. The van der Waals surface area contributed by atoms with Gasteiger partial charge >= 0.3 is 0 Å². The van der Waals surface area contributed by atoms with Crippen LogP contribution < -0.4 is 5.32 Å². The van der Waals surface area contributed by atoms with Crippen LogP contribution in [0, 0.1) is 0 Å². The van der Waals surface area contributed by atoms with Crippen LogP contribution in [-0.2, 0) is 14.8 Å². The summed E-state index contributed by atoms with van der Waals surface area (Å²) in [6, 6.07) is 0. The Morgan fingerprint density at radius 3 is 2.96 bits per heavy atom. The van der Waals surface area contributed by atoms with E-state index in [1.807, 2.05) is 0 Å². The van der Waals surface area contributed by atoms with Gasteiger partial charge in [-0.05, 0) is 25.0 Å². The summed E-state index contributed by atoms with van der Waals surface area (Å²) >= 11 is 1.35. The predicted molar refractivity (Wildman–Crippen MR) is 85.7 cm³/mol. The van der Waals surface area contributed by atoms with Gasteiger partial charge < -0.3 is 4.90 Å². The van der Waals surface area contributed by atoms with Gasteiger partial charge in [-0.15, -0.1) is 14.6 Å². The molecule has 0 bridgehead atoms. The minimum Gasteiger partial charge on any atom is -0.331 e. The standard InChI is InChI=1S/C13H13N5O3S2/c19-11(14-13-16-15-12(22-13)8-3-4-8)9-2-1-5-18-6-7-23(20,21)17-10(9)18/h1-2,5,8H,3-4,6-7H2,(H,14,16,19). The summed E-state index contributed by atoms with van der Waals surface area (Å²) in [6.07, 6.45) is 7.18. The summed E-state index contributed by atoms with van der Waals surface area (Å²) in [4.78, 5) is 14.1. The van der Waals surface area contributed by atoms with Crippen LogP contribution >= 0.6 is 11.3 Å². The molecule has 0 spiro atoms. The maximum Gasteiger partial charge on any atom is 0.261 e. The van der Waals surface area contributed by atoms with Crippen LogP contribution in [0.15, 0.2) is 28.3 Å². The summed E-state index contributed by atoms with van der Waals surface area (Å²) in [5.74, 6) is 0.131. The van der Waals surface area contributed by atoms with Crippen LogP contribution in [0.3, 0.4) is 0 Å². The molecule has 1 aliphatic carbocycles. The third-order valence-electron chi connectivity index (χ3n) is 3.69. The Morgan fingerprint density at radius 2 is 2.17 bits per heavy atom. The molecule has 1 fully saturated rings. The molecule has 0 atom stereocenters. The lowest BCUT2D eigenvalue weighted by molar-refractivity contribution is -0.112. The number of sulfonamides is 1. The van der Waals surface area contributed by atoms with Gasteiger partial charge in [-0.2, -0.15) is 0 Å². The van der Waals surface area contributed by atoms with Crippen LogP contribution in [0.1, 0.15) is 23.8 Å². The van der Waals surface area contributed by atoms with Crippen molar-refractivity contribution in [3.8, 4) is 0 Å². The Balaban J connectivity index is 1.57. The molecule has 1 aromatic rings. The number of carbonyl (C=O) groups is 1. The maximum atomic E-state index is 12.5. The van der Waals surface area contributed by atoms with Gasteiger partial charge in [-0.25, -0.2) is 8.42 Å². The third kappa shape index (κ3) is 2.91. The normalized spacial score (nSPS) is 22.2. The first-order valence-electron chi connectivity index (χ1n) is 7.15. The Bertz CT molecular complexity index is 864. The van der Waals surface area contributed by atoms with Gasteiger partial charge in [0.1, 0.15) is 5.01 Å². The second kappa shape index (κ2) is 5.24. The average molecular weight is 351 g/mol. The van der Waals surface area contributed by atoms with Crippen molar-refractivity contribution in [3.05, 3.63) is 28.9 Å². The molecule has 23 heavy (non-hydrogen) atoms. The molecule has 120 valence electrons. The molecule has 2 aliphatic heterocycles. The van der Waals surface area contributed by atoms with Crippen molar-refractivity contribution in [3.63, 3.8) is 0 Å². The van der Waals surface area contributed by atoms with Crippen molar-refractivity contribution < 1.29 is 13.2 Å². The quantitative estimate of drug-likeness (QED) is 0.866. The van der Waals surface area contributed by atoms with E-state index in [-0.39, 0.29) is 23.7 Å². The van der Waals surface area contributed by atoms with Crippen molar-refractivity contribution >= 4 is 38.2 Å². The topological polar surface area (TPSA) is 105 Å². The number of hydrogen-bond acceptors (Lipinski definition) is 7. The molecule has 1 N–H and O–H groups in total. The Morgan fingerprint density at radius 1 is 1.35 bits per heavy atom. The molecule has 0 unspecified atom stereocenters. The lowest BCUT2D eigenvalue weighted by Crippen LogP contribution is -2.40. The second-order valence-electron chi connectivity index (χ2n) is 5.49. The van der Waals surface area contributed by atoms with Crippen LogP contribution in [0.2, 0.25) is 0 Å². The van der Waals surface area contributed by atoms with Gasteiger partial charge in [0.2, 0.25) is 5.13 Å². The minimum atomic E-state index is -3.53. The fraction of sp³-hybridized carbons (Fsp3) is 0.385. The van der Waals surface area contributed by atoms with Crippen molar-refractivity contribution in [2.75, 3.05) is 17.6 Å². The third-order valence-corrected chi connectivity index (χ3v) is 5.84. The van der Waals surface area contributed by atoms with E-state index in [0.717, 1.165) is 17.8 Å². The van der Waals surface area contributed by atoms with E-state index in [4.69, 9.17) is 0 Å². The zero-order chi connectivity index (χ0) is 16.0. The summed E-state index contributed by atoms with van der Waals surface area (Å²) in [5.41, 5.74) is 0.207. The van der Waals surface area contributed by atoms with Crippen LogP contribution in [0.4, 0.5) is 5.13 Å². The van der Waals surface area contributed by atoms with Crippen LogP contribution in [-0.4, -0.2) is 47.6 Å². The number of nitrogens with zero attached hydrogens (tertiary/aromatic N) is 4. The Hall–Kier alpha value is -2.07. The molecule has 1 amide bonds. The van der Waals surface area contributed by atoms with E-state index in [2.05, 4.69) is 19.9 Å². The summed E-state index contributed by atoms with van der Waals surface area (Å²) in [5, 5.41) is 12.0. The number of anilines is 1. The Labute approximate surface area is 136 Å². The molecule has 4 rings (SSSR count). The fourth-order valence-electron chi connectivity index (χ4n) is 2.34. The lowest BCUT2D eigenvalue weighted by Gasteiger charge is -2.28. The van der Waals surface area contributed by atoms with E-state index in [1.54, 1.807) is 23.3 Å².